The SMILES string of the molecule is C=C1/C(=C(\C=C/C)c2noc(-c3ccc(OC(C)C)c(C#N)c3)n2)C[C@H]2CC(=O)N(CC(O)CO)[C@@H]12. The highest BCUT2D eigenvalue weighted by molar-refractivity contribution is 5.84. The zero-order valence-corrected chi connectivity index (χ0v) is 20.6. The number of fused-ring (bicyclic) bond motifs is 1. The fourth-order valence-electron chi connectivity index (χ4n) is 4.91. The number of aromatic nitrogens is 2. The molecule has 1 aromatic heterocycles. The molecule has 3 atom stereocenters. The maximum absolute atomic E-state index is 12.5. The maximum Gasteiger partial charge on any atom is 0.258 e. The second kappa shape index (κ2) is 10.5. The number of aliphatic hydroxyl groups is 2. The molecular weight excluding hydrogens is 460 g/mol. The van der Waals surface area contributed by atoms with E-state index in [0.29, 0.717) is 35.5 Å². The number of carbonyl (C=O) groups excluding carboxylic acids is 1. The summed E-state index contributed by atoms with van der Waals surface area (Å²) >= 11 is 0. The first-order valence-electron chi connectivity index (χ1n) is 12.0. The molecule has 188 valence electrons. The van der Waals surface area contributed by atoms with Gasteiger partial charge in [0, 0.05) is 24.1 Å². The molecule has 1 aliphatic heterocycles. The van der Waals surface area contributed by atoms with Gasteiger partial charge in [0.25, 0.3) is 5.89 Å². The summed E-state index contributed by atoms with van der Waals surface area (Å²) in [7, 11) is 0. The van der Waals surface area contributed by atoms with Crippen LogP contribution in [0.15, 0.2) is 52.6 Å². The highest BCUT2D eigenvalue weighted by Gasteiger charge is 2.47. The summed E-state index contributed by atoms with van der Waals surface area (Å²) in [5, 5.41) is 32.9. The van der Waals surface area contributed by atoms with Crippen LogP contribution in [0.2, 0.25) is 0 Å². The van der Waals surface area contributed by atoms with Crippen molar-refractivity contribution in [3.05, 3.63) is 59.5 Å². The van der Waals surface area contributed by atoms with Crippen molar-refractivity contribution in [1.29, 1.82) is 5.26 Å². The van der Waals surface area contributed by atoms with Crippen LogP contribution in [0, 0.1) is 17.2 Å². The average Bonchev–Trinajstić information content (AvgIpc) is 3.53. The van der Waals surface area contributed by atoms with Gasteiger partial charge in [0.1, 0.15) is 11.8 Å². The van der Waals surface area contributed by atoms with Crippen molar-refractivity contribution in [3.8, 4) is 23.3 Å². The van der Waals surface area contributed by atoms with Gasteiger partial charge in [-0.3, -0.25) is 4.79 Å². The molecule has 1 saturated heterocycles. The van der Waals surface area contributed by atoms with Crippen LogP contribution >= 0.6 is 0 Å². The second-order valence-corrected chi connectivity index (χ2v) is 9.33. The van der Waals surface area contributed by atoms with E-state index >= 15 is 0 Å². The van der Waals surface area contributed by atoms with E-state index in [0.717, 1.165) is 16.7 Å². The molecule has 9 nitrogen and oxygen atoms in total. The van der Waals surface area contributed by atoms with Crippen molar-refractivity contribution < 1.29 is 24.3 Å². The molecule has 2 aromatic rings. The van der Waals surface area contributed by atoms with Crippen molar-refractivity contribution in [2.45, 2.75) is 51.9 Å². The van der Waals surface area contributed by atoms with Crippen LogP contribution in [0.5, 0.6) is 5.75 Å². The Hall–Kier alpha value is -3.74. The van der Waals surface area contributed by atoms with Gasteiger partial charge in [0.05, 0.1) is 30.4 Å². The molecule has 1 saturated carbocycles. The number of ether oxygens (including phenoxy) is 1. The van der Waals surface area contributed by atoms with Gasteiger partial charge in [0.2, 0.25) is 11.7 Å². The van der Waals surface area contributed by atoms with E-state index in [9.17, 15) is 20.3 Å². The van der Waals surface area contributed by atoms with Gasteiger partial charge in [-0.2, -0.15) is 10.2 Å². The highest BCUT2D eigenvalue weighted by atomic mass is 16.5. The van der Waals surface area contributed by atoms with Crippen molar-refractivity contribution >= 4 is 11.5 Å². The van der Waals surface area contributed by atoms with Gasteiger partial charge < -0.3 is 24.4 Å². The Morgan fingerprint density at radius 2 is 2.19 bits per heavy atom. The molecule has 36 heavy (non-hydrogen) atoms. The Morgan fingerprint density at radius 1 is 1.42 bits per heavy atom. The topological polar surface area (TPSA) is 133 Å². The largest absolute Gasteiger partial charge is 0.490 e. The zero-order valence-electron chi connectivity index (χ0n) is 20.6. The van der Waals surface area contributed by atoms with Crippen molar-refractivity contribution in [1.82, 2.24) is 15.0 Å². The molecule has 1 aromatic carbocycles. The maximum atomic E-state index is 12.5. The summed E-state index contributed by atoms with van der Waals surface area (Å²) in [6.45, 7) is 9.60. The third-order valence-electron chi connectivity index (χ3n) is 6.40. The van der Waals surface area contributed by atoms with Gasteiger partial charge in [0.15, 0.2) is 0 Å². The van der Waals surface area contributed by atoms with Gasteiger partial charge in [-0.25, -0.2) is 0 Å². The Labute approximate surface area is 210 Å². The standard InChI is InChI=1S/C27H30N4O5/c1-5-6-21(22-10-18-11-24(34)31(13-20(33)14-32)25(18)16(22)4)26-29-27(36-30-26)17-7-8-23(35-15(2)3)19(9-17)12-28/h5-9,15,18,20,25,32-33H,4,10-11,13-14H2,1-3H3/b6-5-,22-21+/t18-,20?,25-/m0/s1. The number of carbonyl (C=O) groups is 1. The third kappa shape index (κ3) is 4.83. The number of aliphatic hydroxyl groups excluding tert-OH is 2. The van der Waals surface area contributed by atoms with Crippen LogP contribution in [0.3, 0.4) is 0 Å². The lowest BCUT2D eigenvalue weighted by Crippen LogP contribution is -2.41. The molecule has 1 aliphatic carbocycles. The lowest BCUT2D eigenvalue weighted by molar-refractivity contribution is -0.130. The van der Waals surface area contributed by atoms with Crippen LogP contribution in [0.1, 0.15) is 45.0 Å². The summed E-state index contributed by atoms with van der Waals surface area (Å²) < 4.78 is 11.3. The minimum atomic E-state index is -1.00. The number of hydrogen-bond donors (Lipinski definition) is 2. The second-order valence-electron chi connectivity index (χ2n) is 9.33. The lowest BCUT2D eigenvalue weighted by Gasteiger charge is -2.27. The molecule has 4 rings (SSSR count). The van der Waals surface area contributed by atoms with Crippen LogP contribution in [-0.4, -0.2) is 62.6 Å². The van der Waals surface area contributed by atoms with E-state index in [-0.39, 0.29) is 36.4 Å². The molecule has 0 radical (unpaired) electrons. The number of β-amino-alcohol motifs (C(OH)–C–C–N with tert-alkyl or cyclic N) is 1. The molecule has 2 N–H and O–H groups in total. The Bertz CT molecular complexity index is 1270. The monoisotopic (exact) mass is 490 g/mol. The van der Waals surface area contributed by atoms with Crippen LogP contribution in [-0.2, 0) is 4.79 Å². The molecule has 1 unspecified atom stereocenters. The van der Waals surface area contributed by atoms with Gasteiger partial charge in [-0.1, -0.05) is 23.9 Å². The fourth-order valence-corrected chi connectivity index (χ4v) is 4.91. The van der Waals surface area contributed by atoms with E-state index < -0.39 is 12.7 Å². The van der Waals surface area contributed by atoms with Crippen LogP contribution in [0.25, 0.3) is 17.0 Å². The summed E-state index contributed by atoms with van der Waals surface area (Å²) in [4.78, 5) is 18.8. The molecule has 2 aliphatic rings. The first-order valence-corrected chi connectivity index (χ1v) is 12.0. The third-order valence-corrected chi connectivity index (χ3v) is 6.40. The average molecular weight is 491 g/mol. The summed E-state index contributed by atoms with van der Waals surface area (Å²) in [5.41, 5.74) is 3.44. The molecular formula is C27H30N4O5. The molecule has 9 heteroatoms. The lowest BCUT2D eigenvalue weighted by atomic mass is 10.0. The minimum absolute atomic E-state index is 0.0317. The number of nitriles is 1. The molecule has 1 amide bonds. The fraction of sp³-hybridized carbons (Fsp3) is 0.407. The first kappa shape index (κ1) is 25.4. The quantitative estimate of drug-likeness (QED) is 0.576. The number of rotatable bonds is 8. The summed E-state index contributed by atoms with van der Waals surface area (Å²) in [6.07, 6.45) is 3.68. The minimum Gasteiger partial charge on any atom is -0.490 e. The van der Waals surface area contributed by atoms with Crippen LogP contribution < -0.4 is 4.74 Å². The summed E-state index contributed by atoms with van der Waals surface area (Å²) in [6, 6.07) is 7.05. The Morgan fingerprint density at radius 3 is 2.86 bits per heavy atom. The highest BCUT2D eigenvalue weighted by Crippen LogP contribution is 2.47. The number of amides is 1. The van der Waals surface area contributed by atoms with Crippen LogP contribution in [0.4, 0.5) is 0 Å². The molecule has 2 fully saturated rings. The van der Waals surface area contributed by atoms with Crippen molar-refractivity contribution in [2.75, 3.05) is 13.2 Å². The first-order chi connectivity index (χ1) is 17.3. The van der Waals surface area contributed by atoms with E-state index in [1.165, 1.54) is 0 Å². The van der Waals surface area contributed by atoms with Crippen molar-refractivity contribution in [3.63, 3.8) is 0 Å². The number of nitrogens with zero attached hydrogens (tertiary/aromatic N) is 4. The number of likely N-dealkylation sites (tertiary alicyclic amines) is 1. The van der Waals surface area contributed by atoms with E-state index in [1.54, 1.807) is 23.1 Å². The normalized spacial score (nSPS) is 21.9. The van der Waals surface area contributed by atoms with E-state index in [2.05, 4.69) is 22.8 Å². The van der Waals surface area contributed by atoms with Gasteiger partial charge in [-0.05, 0) is 62.5 Å². The van der Waals surface area contributed by atoms with Gasteiger partial charge in [-0.15, -0.1) is 0 Å². The molecule has 0 bridgehead atoms. The molecule has 2 heterocycles. The predicted molar refractivity (Wildman–Crippen MR) is 132 cm³/mol. The smallest absolute Gasteiger partial charge is 0.258 e. The predicted octanol–water partition coefficient (Wildman–Crippen LogP) is 3.26. The Kier molecular flexibility index (Phi) is 7.38. The number of allylic oxidation sites excluding steroid dienone is 3. The van der Waals surface area contributed by atoms with Crippen molar-refractivity contribution in [2.24, 2.45) is 5.92 Å². The van der Waals surface area contributed by atoms with Gasteiger partial charge >= 0.3 is 0 Å². The van der Waals surface area contributed by atoms with E-state index in [1.807, 2.05) is 32.9 Å². The zero-order chi connectivity index (χ0) is 26.0. The van der Waals surface area contributed by atoms with E-state index in [4.69, 9.17) is 9.26 Å². The summed E-state index contributed by atoms with van der Waals surface area (Å²) in [5.74, 6) is 1.13. The Balaban J connectivity index is 1.66. The number of benzene rings is 1. The number of hydrogen-bond acceptors (Lipinski definition) is 8. The molecule has 0 spiro atoms.